The number of amides is 1. The largest absolute Gasteiger partial charge is 0.480 e. The molecule has 3 N–H and O–H groups in total. The van der Waals surface area contributed by atoms with Gasteiger partial charge >= 0.3 is 5.97 Å². The summed E-state index contributed by atoms with van der Waals surface area (Å²) in [6.45, 7) is 7.64. The van der Waals surface area contributed by atoms with Gasteiger partial charge < -0.3 is 15.4 Å². The van der Waals surface area contributed by atoms with Gasteiger partial charge in [0, 0.05) is 22.0 Å². The van der Waals surface area contributed by atoms with Crippen molar-refractivity contribution in [1.29, 1.82) is 0 Å². The van der Waals surface area contributed by atoms with Crippen molar-refractivity contribution in [2.45, 2.75) is 50.3 Å². The van der Waals surface area contributed by atoms with Crippen LogP contribution in [0.2, 0.25) is 0 Å². The predicted octanol–water partition coefficient (Wildman–Crippen LogP) is 3.57. The van der Waals surface area contributed by atoms with Gasteiger partial charge in [-0.25, -0.2) is 0 Å². The highest BCUT2D eigenvalue weighted by Gasteiger charge is 2.25. The molecule has 0 spiro atoms. The van der Waals surface area contributed by atoms with Crippen LogP contribution in [0.15, 0.2) is 29.3 Å². The lowest BCUT2D eigenvalue weighted by Crippen LogP contribution is -2.43. The number of rotatable bonds is 7. The fraction of sp³-hybridized carbons (Fsp3) is 0.444. The second-order valence-corrected chi connectivity index (χ2v) is 7.70. The van der Waals surface area contributed by atoms with Gasteiger partial charge in [-0.15, -0.1) is 11.8 Å². The van der Waals surface area contributed by atoms with E-state index in [0.717, 1.165) is 21.4 Å². The van der Waals surface area contributed by atoms with Gasteiger partial charge in [-0.3, -0.25) is 9.59 Å². The molecule has 1 heterocycles. The van der Waals surface area contributed by atoms with Crippen LogP contribution in [0.3, 0.4) is 0 Å². The molecule has 0 radical (unpaired) electrons. The maximum atomic E-state index is 12.5. The third-order valence-corrected chi connectivity index (χ3v) is 5.12. The lowest BCUT2D eigenvalue weighted by atomic mass is 10.1. The molecule has 5 nitrogen and oxygen atoms in total. The Morgan fingerprint density at radius 3 is 2.62 bits per heavy atom. The van der Waals surface area contributed by atoms with E-state index in [4.69, 9.17) is 5.11 Å². The molecule has 1 aromatic heterocycles. The summed E-state index contributed by atoms with van der Waals surface area (Å²) in [5.74, 6) is -0.925. The lowest BCUT2D eigenvalue weighted by molar-refractivity contribution is -0.141. The molecule has 130 valence electrons. The van der Waals surface area contributed by atoms with Gasteiger partial charge in [-0.1, -0.05) is 26.0 Å². The molecule has 2 aromatic rings. The average Bonchev–Trinajstić information content (AvgIpc) is 2.90. The first-order valence-electron chi connectivity index (χ1n) is 8.06. The maximum absolute atomic E-state index is 12.5. The number of carbonyl (C=O) groups excluding carboxylic acids is 1. The van der Waals surface area contributed by atoms with Crippen LogP contribution in [-0.4, -0.2) is 33.3 Å². The topological polar surface area (TPSA) is 82.2 Å². The monoisotopic (exact) mass is 348 g/mol. The molecule has 2 rings (SSSR count). The number of carbonyl (C=O) groups is 2. The highest BCUT2D eigenvalue weighted by atomic mass is 32.2. The van der Waals surface area contributed by atoms with E-state index in [1.54, 1.807) is 0 Å². The molecule has 0 aliphatic carbocycles. The molecular weight excluding hydrogens is 324 g/mol. The number of hydrogen-bond donors (Lipinski definition) is 3. The summed E-state index contributed by atoms with van der Waals surface area (Å²) in [4.78, 5) is 27.8. The normalized spacial score (nSPS) is 13.9. The summed E-state index contributed by atoms with van der Waals surface area (Å²) in [5.41, 5.74) is 2.19. The van der Waals surface area contributed by atoms with E-state index in [0.29, 0.717) is 12.3 Å². The Labute approximate surface area is 146 Å². The van der Waals surface area contributed by atoms with Gasteiger partial charge in [-0.05, 0) is 37.8 Å². The Bertz CT molecular complexity index is 739. The molecular formula is C18H24N2O3S. The van der Waals surface area contributed by atoms with E-state index < -0.39 is 12.0 Å². The van der Waals surface area contributed by atoms with Crippen molar-refractivity contribution in [2.24, 2.45) is 5.92 Å². The molecule has 1 amide bonds. The molecule has 0 aliphatic rings. The molecule has 0 saturated heterocycles. The van der Waals surface area contributed by atoms with E-state index in [2.05, 4.69) is 24.1 Å². The number of H-pyrrole nitrogens is 1. The smallest absolute Gasteiger partial charge is 0.325 e. The zero-order valence-corrected chi connectivity index (χ0v) is 15.2. The summed E-state index contributed by atoms with van der Waals surface area (Å²) < 4.78 is 0. The Morgan fingerprint density at radius 1 is 1.29 bits per heavy atom. The SMILES string of the molecule is Cc1cccc2[nH]cc(S[C@H](CC(C)C)C(=O)N[C@@H](C)C(=O)O)c12. The van der Waals surface area contributed by atoms with Crippen molar-refractivity contribution in [3.8, 4) is 0 Å². The van der Waals surface area contributed by atoms with Gasteiger partial charge in [-0.2, -0.15) is 0 Å². The zero-order valence-electron chi connectivity index (χ0n) is 14.4. The number of benzene rings is 1. The van der Waals surface area contributed by atoms with E-state index >= 15 is 0 Å². The quantitative estimate of drug-likeness (QED) is 0.668. The summed E-state index contributed by atoms with van der Waals surface area (Å²) in [6.07, 6.45) is 2.60. The van der Waals surface area contributed by atoms with Crippen molar-refractivity contribution in [3.63, 3.8) is 0 Å². The molecule has 0 bridgehead atoms. The van der Waals surface area contributed by atoms with E-state index in [1.807, 2.05) is 31.3 Å². The lowest BCUT2D eigenvalue weighted by Gasteiger charge is -2.19. The fourth-order valence-corrected chi connectivity index (χ4v) is 4.06. The van der Waals surface area contributed by atoms with Crippen molar-refractivity contribution >= 4 is 34.5 Å². The first-order valence-corrected chi connectivity index (χ1v) is 8.94. The molecule has 1 aromatic carbocycles. The Hall–Kier alpha value is -1.95. The van der Waals surface area contributed by atoms with Crippen LogP contribution >= 0.6 is 11.8 Å². The van der Waals surface area contributed by atoms with Crippen LogP contribution in [-0.2, 0) is 9.59 Å². The number of aromatic amines is 1. The fourth-order valence-electron chi connectivity index (χ4n) is 2.58. The molecule has 0 aliphatic heterocycles. The van der Waals surface area contributed by atoms with Crippen molar-refractivity contribution in [1.82, 2.24) is 10.3 Å². The van der Waals surface area contributed by atoms with Crippen LogP contribution < -0.4 is 5.32 Å². The minimum Gasteiger partial charge on any atom is -0.480 e. The van der Waals surface area contributed by atoms with Crippen LogP contribution in [0.4, 0.5) is 0 Å². The number of aryl methyl sites for hydroxylation is 1. The summed E-state index contributed by atoms with van der Waals surface area (Å²) in [5, 5.41) is 12.4. The number of nitrogens with one attached hydrogen (secondary N) is 2. The number of aliphatic carboxylic acids is 1. The minimum absolute atomic E-state index is 0.230. The summed E-state index contributed by atoms with van der Waals surface area (Å²) in [6, 6.07) is 5.16. The average molecular weight is 348 g/mol. The first-order chi connectivity index (χ1) is 11.3. The number of carboxylic acid groups (broad SMARTS) is 1. The van der Waals surface area contributed by atoms with Crippen molar-refractivity contribution < 1.29 is 14.7 Å². The van der Waals surface area contributed by atoms with Crippen molar-refractivity contribution in [2.75, 3.05) is 0 Å². The van der Waals surface area contributed by atoms with E-state index in [9.17, 15) is 9.59 Å². The van der Waals surface area contributed by atoms with Crippen LogP contribution in [0.5, 0.6) is 0 Å². The number of carboxylic acids is 1. The van der Waals surface area contributed by atoms with Crippen LogP contribution in [0.25, 0.3) is 10.9 Å². The highest BCUT2D eigenvalue weighted by Crippen LogP contribution is 2.35. The van der Waals surface area contributed by atoms with Crippen LogP contribution in [0.1, 0.15) is 32.8 Å². The van der Waals surface area contributed by atoms with E-state index in [1.165, 1.54) is 18.7 Å². The second kappa shape index (κ2) is 7.75. The highest BCUT2D eigenvalue weighted by molar-refractivity contribution is 8.00. The van der Waals surface area contributed by atoms with Gasteiger partial charge in [0.2, 0.25) is 5.91 Å². The van der Waals surface area contributed by atoms with Crippen molar-refractivity contribution in [3.05, 3.63) is 30.0 Å². The molecule has 6 heteroatoms. The first kappa shape index (κ1) is 18.4. The molecule has 0 fully saturated rings. The van der Waals surface area contributed by atoms with Gasteiger partial charge in [0.25, 0.3) is 0 Å². The molecule has 2 atom stereocenters. The second-order valence-electron chi connectivity index (χ2n) is 6.45. The standard InChI is InChI=1S/C18H24N2O3S/c1-10(2)8-14(17(21)20-12(4)18(22)23)24-15-9-19-13-7-5-6-11(3)16(13)15/h5-7,9-10,12,14,19H,8H2,1-4H3,(H,20,21)(H,22,23)/t12-,14+/m0/s1. The number of fused-ring (bicyclic) bond motifs is 1. The number of hydrogen-bond acceptors (Lipinski definition) is 3. The van der Waals surface area contributed by atoms with Gasteiger partial charge in [0.1, 0.15) is 6.04 Å². The minimum atomic E-state index is -1.03. The molecule has 0 saturated carbocycles. The Kier molecular flexibility index (Phi) is 5.94. The summed E-state index contributed by atoms with van der Waals surface area (Å²) >= 11 is 1.49. The third-order valence-electron chi connectivity index (χ3n) is 3.85. The van der Waals surface area contributed by atoms with Crippen LogP contribution in [0, 0.1) is 12.8 Å². The molecule has 24 heavy (non-hydrogen) atoms. The van der Waals surface area contributed by atoms with Gasteiger partial charge in [0.05, 0.1) is 5.25 Å². The zero-order chi connectivity index (χ0) is 17.9. The number of thioether (sulfide) groups is 1. The third kappa shape index (κ3) is 4.32. The van der Waals surface area contributed by atoms with E-state index in [-0.39, 0.29) is 11.2 Å². The summed E-state index contributed by atoms with van der Waals surface area (Å²) in [7, 11) is 0. The Balaban J connectivity index is 2.24. The predicted molar refractivity (Wildman–Crippen MR) is 97.4 cm³/mol. The van der Waals surface area contributed by atoms with Gasteiger partial charge in [0.15, 0.2) is 0 Å². The molecule has 0 unspecified atom stereocenters. The maximum Gasteiger partial charge on any atom is 0.325 e. The number of aromatic nitrogens is 1. The Morgan fingerprint density at radius 2 is 2.00 bits per heavy atom.